The molecule has 0 bridgehead atoms. The average Bonchev–Trinajstić information content (AvgIpc) is 2.36. The van der Waals surface area contributed by atoms with Crippen molar-refractivity contribution >= 4 is 29.2 Å². The Hall–Kier alpha value is -1.79. The number of methoxy groups -OCH3 is 1. The van der Waals surface area contributed by atoms with Crippen LogP contribution < -0.4 is 15.8 Å². The number of carbonyl (C=O) groups is 2. The molecule has 0 aromatic heterocycles. The van der Waals surface area contributed by atoms with E-state index in [0.29, 0.717) is 16.5 Å². The third-order valence-corrected chi connectivity index (χ3v) is 2.72. The van der Waals surface area contributed by atoms with Gasteiger partial charge in [0.1, 0.15) is 5.75 Å². The van der Waals surface area contributed by atoms with E-state index in [1.807, 2.05) is 0 Å². The normalized spacial score (nSPS) is 11.7. The smallest absolute Gasteiger partial charge is 0.303 e. The summed E-state index contributed by atoms with van der Waals surface area (Å²) in [6, 6.07) is 3.88. The van der Waals surface area contributed by atoms with Crippen LogP contribution in [0.15, 0.2) is 18.2 Å². The first-order valence-electron chi connectivity index (χ1n) is 5.56. The number of benzene rings is 1. The molecule has 6 nitrogen and oxygen atoms in total. The first kappa shape index (κ1) is 15.3. The van der Waals surface area contributed by atoms with Crippen LogP contribution in [0.2, 0.25) is 5.02 Å². The third-order valence-electron chi connectivity index (χ3n) is 2.43. The molecule has 0 fully saturated rings. The Kier molecular flexibility index (Phi) is 5.59. The second-order valence-corrected chi connectivity index (χ2v) is 4.28. The maximum absolute atomic E-state index is 11.7. The number of hydrogen-bond donors (Lipinski definition) is 3. The van der Waals surface area contributed by atoms with E-state index >= 15 is 0 Å². The van der Waals surface area contributed by atoms with Crippen molar-refractivity contribution < 1.29 is 19.4 Å². The van der Waals surface area contributed by atoms with E-state index in [2.05, 4.69) is 5.32 Å². The van der Waals surface area contributed by atoms with E-state index in [0.717, 1.165) is 0 Å². The van der Waals surface area contributed by atoms with E-state index in [1.54, 1.807) is 12.1 Å². The molecule has 0 spiro atoms. The van der Waals surface area contributed by atoms with Gasteiger partial charge in [-0.25, -0.2) is 0 Å². The second-order valence-electron chi connectivity index (χ2n) is 3.88. The predicted octanol–water partition coefficient (Wildman–Crippen LogP) is 1.48. The minimum absolute atomic E-state index is 0.0745. The molecule has 0 heterocycles. The van der Waals surface area contributed by atoms with Gasteiger partial charge < -0.3 is 20.9 Å². The number of anilines is 1. The maximum Gasteiger partial charge on any atom is 0.303 e. The van der Waals surface area contributed by atoms with Crippen LogP contribution in [-0.4, -0.2) is 30.1 Å². The Morgan fingerprint density at radius 2 is 2.21 bits per heavy atom. The minimum Gasteiger partial charge on any atom is -0.495 e. The van der Waals surface area contributed by atoms with E-state index in [-0.39, 0.29) is 12.8 Å². The standard InChI is InChI=1S/C12H15ClN2O4/c1-19-10-4-2-7(6-8(10)13)15-12(18)9(14)3-5-11(16)17/h2,4,6,9H,3,5,14H2,1H3,(H,15,18)(H,16,17). The van der Waals surface area contributed by atoms with Crippen molar-refractivity contribution in [2.45, 2.75) is 18.9 Å². The molecule has 1 aromatic rings. The summed E-state index contributed by atoms with van der Waals surface area (Å²) >= 11 is 5.91. The Morgan fingerprint density at radius 1 is 1.53 bits per heavy atom. The largest absolute Gasteiger partial charge is 0.495 e. The molecule has 0 radical (unpaired) electrons. The minimum atomic E-state index is -0.990. The molecule has 0 aliphatic heterocycles. The molecule has 0 saturated carbocycles. The van der Waals surface area contributed by atoms with E-state index in [1.165, 1.54) is 13.2 Å². The molecule has 0 aliphatic carbocycles. The van der Waals surface area contributed by atoms with Gasteiger partial charge in [-0.1, -0.05) is 11.6 Å². The molecule has 1 atom stereocenters. The predicted molar refractivity (Wildman–Crippen MR) is 71.5 cm³/mol. The zero-order chi connectivity index (χ0) is 14.4. The lowest BCUT2D eigenvalue weighted by atomic mass is 10.1. The lowest BCUT2D eigenvalue weighted by molar-refractivity contribution is -0.137. The molecule has 1 unspecified atom stereocenters. The van der Waals surface area contributed by atoms with E-state index in [4.69, 9.17) is 27.2 Å². The first-order valence-corrected chi connectivity index (χ1v) is 5.93. The number of hydrogen-bond acceptors (Lipinski definition) is 4. The highest BCUT2D eigenvalue weighted by atomic mass is 35.5. The topological polar surface area (TPSA) is 102 Å². The number of carboxylic acids is 1. The Labute approximate surface area is 115 Å². The summed E-state index contributed by atoms with van der Waals surface area (Å²) < 4.78 is 4.98. The summed E-state index contributed by atoms with van der Waals surface area (Å²) in [6.45, 7) is 0. The number of amides is 1. The molecule has 4 N–H and O–H groups in total. The lowest BCUT2D eigenvalue weighted by Crippen LogP contribution is -2.36. The molecule has 1 rings (SSSR count). The van der Waals surface area contributed by atoms with Crippen LogP contribution in [0.3, 0.4) is 0 Å². The highest BCUT2D eigenvalue weighted by Crippen LogP contribution is 2.27. The molecular weight excluding hydrogens is 272 g/mol. The number of nitrogens with two attached hydrogens (primary N) is 1. The van der Waals surface area contributed by atoms with Crippen LogP contribution >= 0.6 is 11.6 Å². The number of ether oxygens (including phenoxy) is 1. The van der Waals surface area contributed by atoms with Crippen molar-refractivity contribution in [3.63, 3.8) is 0 Å². The fourth-order valence-electron chi connectivity index (χ4n) is 1.39. The van der Waals surface area contributed by atoms with Gasteiger partial charge in [-0.05, 0) is 24.6 Å². The van der Waals surface area contributed by atoms with Crippen LogP contribution in [-0.2, 0) is 9.59 Å². The molecule has 0 aliphatic rings. The zero-order valence-corrected chi connectivity index (χ0v) is 11.1. The molecule has 0 saturated heterocycles. The van der Waals surface area contributed by atoms with Gasteiger partial charge in [0.05, 0.1) is 18.2 Å². The fourth-order valence-corrected chi connectivity index (χ4v) is 1.65. The maximum atomic E-state index is 11.7. The van der Waals surface area contributed by atoms with Crippen molar-refractivity contribution in [2.24, 2.45) is 5.73 Å². The van der Waals surface area contributed by atoms with Crippen molar-refractivity contribution in [2.75, 3.05) is 12.4 Å². The third kappa shape index (κ3) is 4.76. The highest BCUT2D eigenvalue weighted by Gasteiger charge is 2.15. The SMILES string of the molecule is COc1ccc(NC(=O)C(N)CCC(=O)O)cc1Cl. The number of halogens is 1. The van der Waals surface area contributed by atoms with Crippen LogP contribution in [0.25, 0.3) is 0 Å². The quantitative estimate of drug-likeness (QED) is 0.735. The van der Waals surface area contributed by atoms with E-state index < -0.39 is 17.9 Å². The summed E-state index contributed by atoms with van der Waals surface area (Å²) in [6.07, 6.45) is -0.0803. The van der Waals surface area contributed by atoms with Gasteiger partial charge in [0, 0.05) is 12.1 Å². The Morgan fingerprint density at radius 3 is 2.74 bits per heavy atom. The number of carbonyl (C=O) groups excluding carboxylic acids is 1. The van der Waals surface area contributed by atoms with Gasteiger partial charge in [0.15, 0.2) is 0 Å². The van der Waals surface area contributed by atoms with Gasteiger partial charge >= 0.3 is 5.97 Å². The summed E-state index contributed by atoms with van der Waals surface area (Å²) in [7, 11) is 1.49. The lowest BCUT2D eigenvalue weighted by Gasteiger charge is -2.12. The monoisotopic (exact) mass is 286 g/mol. The molecule has 1 amide bonds. The summed E-state index contributed by atoms with van der Waals surface area (Å²) in [5.41, 5.74) is 6.05. The first-order chi connectivity index (χ1) is 8.93. The Bertz CT molecular complexity index is 479. The van der Waals surface area contributed by atoms with Crippen molar-refractivity contribution in [1.82, 2.24) is 0 Å². The Balaban J connectivity index is 2.61. The molecule has 104 valence electrons. The molecule has 19 heavy (non-hydrogen) atoms. The molecule has 1 aromatic carbocycles. The summed E-state index contributed by atoms with van der Waals surface area (Å²) in [5, 5.41) is 11.4. The van der Waals surface area contributed by atoms with Gasteiger partial charge in [-0.15, -0.1) is 0 Å². The van der Waals surface area contributed by atoms with Gasteiger partial charge in [-0.2, -0.15) is 0 Å². The number of aliphatic carboxylic acids is 1. The van der Waals surface area contributed by atoms with Gasteiger partial charge in [0.25, 0.3) is 0 Å². The fraction of sp³-hybridized carbons (Fsp3) is 0.333. The van der Waals surface area contributed by atoms with E-state index in [9.17, 15) is 9.59 Å². The number of nitrogens with one attached hydrogen (secondary N) is 1. The zero-order valence-electron chi connectivity index (χ0n) is 10.4. The van der Waals surface area contributed by atoms with Crippen molar-refractivity contribution in [3.8, 4) is 5.75 Å². The number of carboxylic acid groups (broad SMARTS) is 1. The summed E-state index contributed by atoms with van der Waals surface area (Å²) in [5.74, 6) is -0.951. The van der Waals surface area contributed by atoms with Crippen molar-refractivity contribution in [3.05, 3.63) is 23.2 Å². The summed E-state index contributed by atoms with van der Waals surface area (Å²) in [4.78, 5) is 22.1. The van der Waals surface area contributed by atoms with Crippen LogP contribution in [0.4, 0.5) is 5.69 Å². The van der Waals surface area contributed by atoms with Gasteiger partial charge in [-0.3, -0.25) is 9.59 Å². The van der Waals surface area contributed by atoms with Crippen LogP contribution in [0, 0.1) is 0 Å². The number of rotatable bonds is 6. The van der Waals surface area contributed by atoms with Gasteiger partial charge in [0.2, 0.25) is 5.91 Å². The van der Waals surface area contributed by atoms with Crippen molar-refractivity contribution in [1.29, 1.82) is 0 Å². The molecule has 7 heteroatoms. The highest BCUT2D eigenvalue weighted by molar-refractivity contribution is 6.32. The molecular formula is C12H15ClN2O4. The average molecular weight is 287 g/mol. The van der Waals surface area contributed by atoms with Crippen LogP contribution in [0.1, 0.15) is 12.8 Å². The second kappa shape index (κ2) is 6.96. The van der Waals surface area contributed by atoms with Crippen LogP contribution in [0.5, 0.6) is 5.75 Å².